The van der Waals surface area contributed by atoms with Crippen LogP contribution in [0.1, 0.15) is 187 Å². The molecule has 0 saturated carbocycles. The Balaban J connectivity index is 3.58. The molecule has 1 amide bonds. The van der Waals surface area contributed by atoms with Crippen molar-refractivity contribution in [3.63, 3.8) is 0 Å². The monoisotopic (exact) mass is 704 g/mol. The van der Waals surface area contributed by atoms with Crippen molar-refractivity contribution in [2.24, 2.45) is 0 Å². The van der Waals surface area contributed by atoms with Crippen LogP contribution < -0.4 is 5.32 Å². The number of carbonyl (C=O) groups excluding carboxylic acids is 2. The Morgan fingerprint density at radius 2 is 1.10 bits per heavy atom. The lowest BCUT2D eigenvalue weighted by atomic mass is 10.0. The summed E-state index contributed by atoms with van der Waals surface area (Å²) in [6.07, 6.45) is 34.3. The molecule has 0 aromatic carbocycles. The van der Waals surface area contributed by atoms with Gasteiger partial charge in [-0.1, -0.05) is 154 Å². The molecule has 0 aromatic heterocycles. The minimum absolute atomic E-state index is 0.0798. The average Bonchev–Trinajstić information content (AvgIpc) is 3.07. The predicted molar refractivity (Wildman–Crippen MR) is 197 cm³/mol. The molecule has 0 aliphatic rings. The van der Waals surface area contributed by atoms with E-state index in [-0.39, 0.29) is 32.1 Å². The number of hydrogen-bond donors (Lipinski definition) is 3. The van der Waals surface area contributed by atoms with Crippen LogP contribution in [0.4, 0.5) is 0 Å². The zero-order chi connectivity index (χ0) is 35.4. The summed E-state index contributed by atoms with van der Waals surface area (Å²) >= 11 is 0. The maximum atomic E-state index is 12.0. The van der Waals surface area contributed by atoms with Crippen molar-refractivity contribution < 1.29 is 37.9 Å². The number of unbranched alkanes of at least 4 members (excludes halogenated alkanes) is 22. The fourth-order valence-corrected chi connectivity index (χ4v) is 6.20. The van der Waals surface area contributed by atoms with Crippen LogP contribution in [-0.2, 0) is 27.9 Å². The molecule has 48 heavy (non-hydrogen) atoms. The van der Waals surface area contributed by atoms with Crippen molar-refractivity contribution in [2.75, 3.05) is 26.4 Å². The summed E-state index contributed by atoms with van der Waals surface area (Å²) in [5.74, 6) is -0.522. The second-order valence-electron chi connectivity index (χ2n) is 13.3. The number of amides is 1. The fourth-order valence-electron chi connectivity index (χ4n) is 5.44. The SMILES string of the molecule is CCC/C=C\CCCCCCCC(=O)NCCOP(=O)(O)OCC(O)COC(=O)CCCCCCCCCCCCCCCCCCC. The number of rotatable bonds is 37. The van der Waals surface area contributed by atoms with Gasteiger partial charge in [0.1, 0.15) is 12.7 Å². The van der Waals surface area contributed by atoms with E-state index in [4.69, 9.17) is 13.8 Å². The average molecular weight is 704 g/mol. The van der Waals surface area contributed by atoms with Crippen LogP contribution in [0.2, 0.25) is 0 Å². The summed E-state index contributed by atoms with van der Waals surface area (Å²) < 4.78 is 26.8. The molecule has 0 spiro atoms. The quantitative estimate of drug-likeness (QED) is 0.0252. The van der Waals surface area contributed by atoms with Crippen LogP contribution in [0, 0.1) is 0 Å². The van der Waals surface area contributed by atoms with Gasteiger partial charge in [0.15, 0.2) is 0 Å². The lowest BCUT2D eigenvalue weighted by Gasteiger charge is -2.15. The van der Waals surface area contributed by atoms with Gasteiger partial charge in [0, 0.05) is 19.4 Å². The van der Waals surface area contributed by atoms with E-state index in [0.29, 0.717) is 6.42 Å². The summed E-state index contributed by atoms with van der Waals surface area (Å²) in [5.41, 5.74) is 0. The van der Waals surface area contributed by atoms with E-state index in [1.165, 1.54) is 103 Å². The number of hydrogen-bond acceptors (Lipinski definition) is 7. The molecule has 9 nitrogen and oxygen atoms in total. The Morgan fingerprint density at radius 3 is 1.65 bits per heavy atom. The molecule has 2 unspecified atom stereocenters. The topological polar surface area (TPSA) is 131 Å². The summed E-state index contributed by atoms with van der Waals surface area (Å²) in [7, 11) is -4.40. The number of allylic oxidation sites excluding steroid dienone is 2. The number of carbonyl (C=O) groups is 2. The van der Waals surface area contributed by atoms with E-state index in [2.05, 4.69) is 31.3 Å². The first-order chi connectivity index (χ1) is 23.3. The van der Waals surface area contributed by atoms with E-state index >= 15 is 0 Å². The highest BCUT2D eigenvalue weighted by Gasteiger charge is 2.23. The van der Waals surface area contributed by atoms with Gasteiger partial charge < -0.3 is 20.1 Å². The van der Waals surface area contributed by atoms with Crippen molar-refractivity contribution in [2.45, 2.75) is 193 Å². The lowest BCUT2D eigenvalue weighted by Crippen LogP contribution is -2.27. The van der Waals surface area contributed by atoms with Crippen molar-refractivity contribution in [1.82, 2.24) is 5.32 Å². The number of aliphatic hydroxyl groups excluding tert-OH is 1. The van der Waals surface area contributed by atoms with Crippen LogP contribution >= 0.6 is 7.82 Å². The highest BCUT2D eigenvalue weighted by Crippen LogP contribution is 2.42. The van der Waals surface area contributed by atoms with Crippen LogP contribution in [-0.4, -0.2) is 54.3 Å². The van der Waals surface area contributed by atoms with Crippen molar-refractivity contribution in [1.29, 1.82) is 0 Å². The second-order valence-corrected chi connectivity index (χ2v) is 14.7. The van der Waals surface area contributed by atoms with Crippen LogP contribution in [0.25, 0.3) is 0 Å². The number of aliphatic hydroxyl groups is 1. The van der Waals surface area contributed by atoms with Gasteiger partial charge in [-0.15, -0.1) is 0 Å². The van der Waals surface area contributed by atoms with E-state index < -0.39 is 26.5 Å². The molecule has 0 saturated heterocycles. The highest BCUT2D eigenvalue weighted by atomic mass is 31.2. The molecular weight excluding hydrogens is 629 g/mol. The van der Waals surface area contributed by atoms with E-state index in [9.17, 15) is 24.2 Å². The Bertz CT molecular complexity index is 810. The van der Waals surface area contributed by atoms with Crippen LogP contribution in [0.15, 0.2) is 12.2 Å². The maximum absolute atomic E-state index is 12.0. The zero-order valence-electron chi connectivity index (χ0n) is 30.9. The molecule has 3 N–H and O–H groups in total. The van der Waals surface area contributed by atoms with Gasteiger partial charge in [0.25, 0.3) is 0 Å². The fraction of sp³-hybridized carbons (Fsp3) is 0.895. The molecule has 0 radical (unpaired) electrons. The maximum Gasteiger partial charge on any atom is 0.472 e. The van der Waals surface area contributed by atoms with Crippen molar-refractivity contribution >= 4 is 19.7 Å². The third kappa shape index (κ3) is 36.0. The summed E-state index contributed by atoms with van der Waals surface area (Å²) in [4.78, 5) is 33.7. The number of nitrogens with one attached hydrogen (secondary N) is 1. The van der Waals surface area contributed by atoms with Gasteiger partial charge in [-0.3, -0.25) is 18.6 Å². The summed E-state index contributed by atoms with van der Waals surface area (Å²) in [5, 5.41) is 12.6. The molecule has 2 atom stereocenters. The first-order valence-corrected chi connectivity index (χ1v) is 21.2. The van der Waals surface area contributed by atoms with Crippen molar-refractivity contribution in [3.05, 3.63) is 12.2 Å². The largest absolute Gasteiger partial charge is 0.472 e. The summed E-state index contributed by atoms with van der Waals surface area (Å²) in [6, 6.07) is 0. The first-order valence-electron chi connectivity index (χ1n) is 19.7. The van der Waals surface area contributed by atoms with Gasteiger partial charge >= 0.3 is 13.8 Å². The predicted octanol–water partition coefficient (Wildman–Crippen LogP) is 10.3. The Labute approximate surface area is 294 Å². The molecule has 0 aliphatic heterocycles. The standard InChI is InChI=1S/C38H74NO8P/c1-3-5-7-9-11-13-15-16-17-18-19-20-21-23-25-27-29-31-38(42)45-34-36(40)35-47-48(43,44)46-33-32-39-37(41)30-28-26-24-22-14-12-10-8-6-4-2/h8,10,36,40H,3-7,9,11-35H2,1-2H3,(H,39,41)(H,43,44)/b10-8-. The van der Waals surface area contributed by atoms with Crippen LogP contribution in [0.3, 0.4) is 0 Å². The van der Waals surface area contributed by atoms with Gasteiger partial charge in [-0.25, -0.2) is 4.57 Å². The Kier molecular flexibility index (Phi) is 34.6. The molecular formula is C38H74NO8P. The van der Waals surface area contributed by atoms with Crippen molar-refractivity contribution in [3.8, 4) is 0 Å². The summed E-state index contributed by atoms with van der Waals surface area (Å²) in [6.45, 7) is 3.49. The number of phosphoric acid groups is 1. The van der Waals surface area contributed by atoms with E-state index in [1.54, 1.807) is 0 Å². The molecule has 10 heteroatoms. The van der Waals surface area contributed by atoms with E-state index in [0.717, 1.165) is 57.8 Å². The van der Waals surface area contributed by atoms with Gasteiger partial charge in [0.2, 0.25) is 5.91 Å². The number of esters is 1. The third-order valence-electron chi connectivity index (χ3n) is 8.43. The lowest BCUT2D eigenvalue weighted by molar-refractivity contribution is -0.147. The molecule has 0 aliphatic carbocycles. The molecule has 0 rings (SSSR count). The normalized spacial score (nSPS) is 13.5. The van der Waals surface area contributed by atoms with Gasteiger partial charge in [-0.2, -0.15) is 0 Å². The smallest absolute Gasteiger partial charge is 0.463 e. The minimum atomic E-state index is -4.40. The van der Waals surface area contributed by atoms with E-state index in [1.807, 2.05) is 0 Å². The van der Waals surface area contributed by atoms with Gasteiger partial charge in [-0.05, 0) is 32.1 Å². The molecule has 284 valence electrons. The molecule has 0 heterocycles. The zero-order valence-corrected chi connectivity index (χ0v) is 31.8. The number of ether oxygens (including phenoxy) is 1. The highest BCUT2D eigenvalue weighted by molar-refractivity contribution is 7.47. The third-order valence-corrected chi connectivity index (χ3v) is 9.41. The van der Waals surface area contributed by atoms with Gasteiger partial charge in [0.05, 0.1) is 13.2 Å². The first kappa shape index (κ1) is 46.8. The second kappa shape index (κ2) is 35.6. The Hall–Kier alpha value is -1.25. The Morgan fingerprint density at radius 1 is 0.625 bits per heavy atom. The molecule has 0 aromatic rings. The molecule has 0 bridgehead atoms. The molecule has 0 fully saturated rings. The minimum Gasteiger partial charge on any atom is -0.463 e. The van der Waals surface area contributed by atoms with Crippen LogP contribution in [0.5, 0.6) is 0 Å². The number of phosphoric ester groups is 1.